The van der Waals surface area contributed by atoms with Crippen LogP contribution in [0.4, 0.5) is 0 Å². The second-order valence-corrected chi connectivity index (χ2v) is 10.0. The lowest BCUT2D eigenvalue weighted by molar-refractivity contribution is -0.132. The quantitative estimate of drug-likeness (QED) is 0.613. The third-order valence-corrected chi connectivity index (χ3v) is 7.62. The monoisotopic (exact) mass is 478 g/mol. The molecule has 6 nitrogen and oxygen atoms in total. The van der Waals surface area contributed by atoms with Gasteiger partial charge in [-0.1, -0.05) is 56.4 Å². The molecule has 1 atom stereocenters. The number of hydrogen-bond acceptors (Lipinski definition) is 4. The van der Waals surface area contributed by atoms with Crippen molar-refractivity contribution >= 4 is 11.8 Å². The Balaban J connectivity index is 1.58. The van der Waals surface area contributed by atoms with Crippen LogP contribution in [0.5, 0.6) is 11.5 Å². The van der Waals surface area contributed by atoms with Gasteiger partial charge < -0.3 is 19.7 Å². The van der Waals surface area contributed by atoms with E-state index in [0.717, 1.165) is 36.8 Å². The van der Waals surface area contributed by atoms with Gasteiger partial charge in [0.15, 0.2) is 11.5 Å². The molecule has 0 bridgehead atoms. The normalized spacial score (nSPS) is 21.0. The molecule has 1 aliphatic carbocycles. The number of nitrogens with one attached hydrogen (secondary N) is 1. The fourth-order valence-corrected chi connectivity index (χ4v) is 5.49. The van der Waals surface area contributed by atoms with Crippen molar-refractivity contribution in [3.8, 4) is 11.5 Å². The van der Waals surface area contributed by atoms with Crippen molar-refractivity contribution in [3.63, 3.8) is 0 Å². The van der Waals surface area contributed by atoms with E-state index in [1.165, 1.54) is 19.3 Å². The summed E-state index contributed by atoms with van der Waals surface area (Å²) in [6.45, 7) is 2.37. The molecule has 0 radical (unpaired) electrons. The standard InChI is InChI=1S/C29H38N2O4/c1-29(28(33)30-23-12-7-5-4-6-8-13-23)20-22-11-9-10-14-24(22)27(32)31(29)18-17-21-15-16-25(34-2)26(19-21)35-3/h9-11,14-16,19,23H,4-8,12-13,17-18,20H2,1-3H3,(H,30,33). The van der Waals surface area contributed by atoms with Crippen LogP contribution in [0.2, 0.25) is 0 Å². The van der Waals surface area contributed by atoms with Gasteiger partial charge in [-0.2, -0.15) is 0 Å². The molecule has 35 heavy (non-hydrogen) atoms. The van der Waals surface area contributed by atoms with Crippen molar-refractivity contribution in [2.75, 3.05) is 20.8 Å². The van der Waals surface area contributed by atoms with Crippen LogP contribution in [0, 0.1) is 0 Å². The molecule has 2 aromatic rings. The predicted molar refractivity (Wildman–Crippen MR) is 137 cm³/mol. The Labute approximate surface area is 209 Å². The fourth-order valence-electron chi connectivity index (χ4n) is 5.49. The molecule has 2 aliphatic rings. The number of rotatable bonds is 7. The predicted octanol–water partition coefficient (Wildman–Crippen LogP) is 4.93. The van der Waals surface area contributed by atoms with Gasteiger partial charge in [-0.05, 0) is 55.5 Å². The molecule has 4 rings (SSSR count). The summed E-state index contributed by atoms with van der Waals surface area (Å²) in [5.41, 5.74) is 1.72. The molecule has 0 aromatic heterocycles. The molecule has 1 heterocycles. The Bertz CT molecular complexity index is 1040. The first kappa shape index (κ1) is 25.1. The Kier molecular flexibility index (Phi) is 7.99. The fraction of sp³-hybridized carbons (Fsp3) is 0.517. The first-order valence-corrected chi connectivity index (χ1v) is 12.9. The van der Waals surface area contributed by atoms with E-state index in [-0.39, 0.29) is 17.9 Å². The van der Waals surface area contributed by atoms with Gasteiger partial charge in [0.05, 0.1) is 14.2 Å². The SMILES string of the molecule is COc1ccc(CCN2C(=O)c3ccccc3CC2(C)C(=O)NC2CCCCCCC2)cc1OC. The zero-order valence-corrected chi connectivity index (χ0v) is 21.3. The van der Waals surface area contributed by atoms with Crippen LogP contribution in [-0.4, -0.2) is 49.1 Å². The summed E-state index contributed by atoms with van der Waals surface area (Å²) < 4.78 is 10.8. The second kappa shape index (κ2) is 11.1. The highest BCUT2D eigenvalue weighted by Crippen LogP contribution is 2.33. The van der Waals surface area contributed by atoms with E-state index in [1.54, 1.807) is 19.1 Å². The van der Waals surface area contributed by atoms with Crippen LogP contribution in [0.15, 0.2) is 42.5 Å². The van der Waals surface area contributed by atoms with Gasteiger partial charge >= 0.3 is 0 Å². The van der Waals surface area contributed by atoms with Crippen molar-refractivity contribution in [1.82, 2.24) is 10.2 Å². The van der Waals surface area contributed by atoms with Crippen LogP contribution < -0.4 is 14.8 Å². The van der Waals surface area contributed by atoms with Crippen molar-refractivity contribution in [1.29, 1.82) is 0 Å². The lowest BCUT2D eigenvalue weighted by atomic mass is 9.82. The maximum Gasteiger partial charge on any atom is 0.255 e. The number of nitrogens with zero attached hydrogens (tertiary/aromatic N) is 1. The second-order valence-electron chi connectivity index (χ2n) is 10.0. The average molecular weight is 479 g/mol. The van der Waals surface area contributed by atoms with Gasteiger partial charge in [0.25, 0.3) is 5.91 Å². The Morgan fingerprint density at radius 1 is 1.00 bits per heavy atom. The highest BCUT2D eigenvalue weighted by Gasteiger charge is 2.46. The smallest absolute Gasteiger partial charge is 0.255 e. The number of amides is 2. The van der Waals surface area contributed by atoms with Crippen molar-refractivity contribution in [3.05, 3.63) is 59.2 Å². The topological polar surface area (TPSA) is 67.9 Å². The Morgan fingerprint density at radius 2 is 1.69 bits per heavy atom. The molecule has 1 aliphatic heterocycles. The molecule has 1 fully saturated rings. The molecule has 188 valence electrons. The molecule has 1 unspecified atom stereocenters. The third-order valence-electron chi connectivity index (χ3n) is 7.62. The summed E-state index contributed by atoms with van der Waals surface area (Å²) in [4.78, 5) is 29.3. The molecule has 0 saturated heterocycles. The molecular formula is C29H38N2O4. The molecule has 2 aromatic carbocycles. The number of ether oxygens (including phenoxy) is 2. The van der Waals surface area contributed by atoms with Gasteiger partial charge in [0.2, 0.25) is 5.91 Å². The number of hydrogen-bond donors (Lipinski definition) is 1. The number of benzene rings is 2. The first-order valence-electron chi connectivity index (χ1n) is 12.9. The van der Waals surface area contributed by atoms with Crippen molar-refractivity contribution in [2.24, 2.45) is 0 Å². The van der Waals surface area contributed by atoms with Gasteiger partial charge in [0, 0.05) is 24.6 Å². The maximum absolute atomic E-state index is 13.8. The van der Waals surface area contributed by atoms with Crippen molar-refractivity contribution in [2.45, 2.75) is 76.3 Å². The maximum atomic E-state index is 13.8. The van der Waals surface area contributed by atoms with E-state index in [1.807, 2.05) is 49.4 Å². The first-order chi connectivity index (χ1) is 17.0. The summed E-state index contributed by atoms with van der Waals surface area (Å²) in [7, 11) is 3.23. The van der Waals surface area contributed by atoms with Crippen LogP contribution in [-0.2, 0) is 17.6 Å². The van der Waals surface area contributed by atoms with Gasteiger partial charge in [0.1, 0.15) is 5.54 Å². The third kappa shape index (κ3) is 5.47. The summed E-state index contributed by atoms with van der Waals surface area (Å²) in [5.74, 6) is 1.20. The molecule has 6 heteroatoms. The van der Waals surface area contributed by atoms with Crippen molar-refractivity contribution < 1.29 is 19.1 Å². The zero-order valence-electron chi connectivity index (χ0n) is 21.3. The summed E-state index contributed by atoms with van der Waals surface area (Å²) >= 11 is 0. The number of carbonyl (C=O) groups excluding carboxylic acids is 2. The number of fused-ring (bicyclic) bond motifs is 1. The van der Waals surface area contributed by atoms with E-state index in [0.29, 0.717) is 36.4 Å². The Morgan fingerprint density at radius 3 is 2.40 bits per heavy atom. The van der Waals surface area contributed by atoms with E-state index < -0.39 is 5.54 Å². The van der Waals surface area contributed by atoms with E-state index in [2.05, 4.69) is 5.32 Å². The number of carbonyl (C=O) groups is 2. The minimum absolute atomic E-state index is 0.0433. The lowest BCUT2D eigenvalue weighted by Gasteiger charge is -2.44. The summed E-state index contributed by atoms with van der Waals surface area (Å²) in [5, 5.41) is 3.34. The number of methoxy groups -OCH3 is 2. The van der Waals surface area contributed by atoms with Crippen LogP contribution in [0.25, 0.3) is 0 Å². The largest absolute Gasteiger partial charge is 0.493 e. The molecule has 0 spiro atoms. The van der Waals surface area contributed by atoms with E-state index in [4.69, 9.17) is 9.47 Å². The van der Waals surface area contributed by atoms with E-state index >= 15 is 0 Å². The summed E-state index contributed by atoms with van der Waals surface area (Å²) in [6.07, 6.45) is 9.18. The minimum Gasteiger partial charge on any atom is -0.493 e. The van der Waals surface area contributed by atoms with Gasteiger partial charge in [-0.3, -0.25) is 9.59 Å². The highest BCUT2D eigenvalue weighted by molar-refractivity contribution is 6.02. The molecule has 2 amide bonds. The Hall–Kier alpha value is -3.02. The van der Waals surface area contributed by atoms with Gasteiger partial charge in [-0.15, -0.1) is 0 Å². The lowest BCUT2D eigenvalue weighted by Crippen LogP contribution is -2.64. The molecular weight excluding hydrogens is 440 g/mol. The molecule has 1 saturated carbocycles. The van der Waals surface area contributed by atoms with Crippen LogP contribution >= 0.6 is 0 Å². The van der Waals surface area contributed by atoms with Crippen LogP contribution in [0.1, 0.15) is 73.4 Å². The average Bonchev–Trinajstić information content (AvgIpc) is 2.85. The molecule has 1 N–H and O–H groups in total. The van der Waals surface area contributed by atoms with Crippen LogP contribution in [0.3, 0.4) is 0 Å². The summed E-state index contributed by atoms with van der Waals surface area (Å²) in [6, 6.07) is 13.6. The zero-order chi connectivity index (χ0) is 24.8. The van der Waals surface area contributed by atoms with E-state index in [9.17, 15) is 9.59 Å². The minimum atomic E-state index is -0.940. The van der Waals surface area contributed by atoms with Gasteiger partial charge in [-0.25, -0.2) is 0 Å². The highest BCUT2D eigenvalue weighted by atomic mass is 16.5.